The molecule has 0 aliphatic heterocycles. The number of nitro groups is 1. The molecule has 2 aromatic carbocycles. The van der Waals surface area contributed by atoms with Crippen molar-refractivity contribution in [2.75, 3.05) is 20.3 Å². The molecular formula is C25H25ClFN3O4. The van der Waals surface area contributed by atoms with Crippen LogP contribution in [-0.2, 0) is 6.42 Å². The van der Waals surface area contributed by atoms with Crippen LogP contribution in [0, 0.1) is 17.0 Å². The van der Waals surface area contributed by atoms with E-state index in [1.54, 1.807) is 32.2 Å². The molecule has 0 atom stereocenters. The third-order valence-electron chi connectivity index (χ3n) is 5.53. The van der Waals surface area contributed by atoms with Crippen LogP contribution < -0.4 is 10.1 Å². The first-order valence-electron chi connectivity index (χ1n) is 10.6. The van der Waals surface area contributed by atoms with E-state index < -0.39 is 17.5 Å². The summed E-state index contributed by atoms with van der Waals surface area (Å²) in [5, 5.41) is 15.8. The number of halogens is 2. The number of carbonyl (C=O) groups excluding carboxylic acids is 1. The van der Waals surface area contributed by atoms with Gasteiger partial charge in [0, 0.05) is 34.4 Å². The molecule has 3 aromatic rings. The number of benzene rings is 2. The van der Waals surface area contributed by atoms with Crippen LogP contribution >= 0.6 is 11.6 Å². The monoisotopic (exact) mass is 485 g/mol. The Kier molecular flexibility index (Phi) is 8.07. The number of fused-ring (bicyclic) bond motifs is 1. The lowest BCUT2D eigenvalue weighted by Crippen LogP contribution is -2.17. The quantitative estimate of drug-likeness (QED) is 0.236. The van der Waals surface area contributed by atoms with Gasteiger partial charge in [-0.05, 0) is 62.2 Å². The number of hydrogen-bond donors (Lipinski definition) is 1. The zero-order chi connectivity index (χ0) is 24.8. The maximum Gasteiger partial charge on any atom is 0.283 e. The van der Waals surface area contributed by atoms with Crippen molar-refractivity contribution in [3.8, 4) is 5.75 Å². The van der Waals surface area contributed by atoms with E-state index in [1.807, 2.05) is 19.1 Å². The van der Waals surface area contributed by atoms with Crippen molar-refractivity contribution in [3.05, 3.63) is 92.3 Å². The number of methoxy groups -OCH3 is 1. The highest BCUT2D eigenvalue weighted by atomic mass is 35.5. The van der Waals surface area contributed by atoms with Crippen molar-refractivity contribution >= 4 is 34.1 Å². The van der Waals surface area contributed by atoms with Gasteiger partial charge in [0.2, 0.25) is 0 Å². The van der Waals surface area contributed by atoms with Gasteiger partial charge in [0.25, 0.3) is 11.6 Å². The van der Waals surface area contributed by atoms with Gasteiger partial charge in [0.1, 0.15) is 18.0 Å². The van der Waals surface area contributed by atoms with Gasteiger partial charge in [-0.25, -0.2) is 4.39 Å². The summed E-state index contributed by atoms with van der Waals surface area (Å²) in [6.45, 7) is 3.64. The minimum atomic E-state index is -0.614. The van der Waals surface area contributed by atoms with Crippen LogP contribution in [-0.4, -0.2) is 35.7 Å². The van der Waals surface area contributed by atoms with Gasteiger partial charge < -0.3 is 10.1 Å². The fourth-order valence-electron chi connectivity index (χ4n) is 3.88. The minimum absolute atomic E-state index is 0.0533. The molecule has 7 nitrogen and oxygen atoms in total. The SMILES string of the molecule is C/C=C(\C=C/CF)NCCc1c(C)n(C(=O)c2ccc(Cl)cc2[N+](=O)[O-])c2ccc(OC)cc12. The topological polar surface area (TPSA) is 86.4 Å². The van der Waals surface area contributed by atoms with Crippen LogP contribution in [0.25, 0.3) is 10.9 Å². The van der Waals surface area contributed by atoms with Crippen LogP contribution in [0.4, 0.5) is 10.1 Å². The molecule has 0 fully saturated rings. The van der Waals surface area contributed by atoms with E-state index >= 15 is 0 Å². The van der Waals surface area contributed by atoms with E-state index in [2.05, 4.69) is 5.32 Å². The number of carbonyl (C=O) groups is 1. The summed E-state index contributed by atoms with van der Waals surface area (Å²) in [4.78, 5) is 24.5. The van der Waals surface area contributed by atoms with Gasteiger partial charge in [0.05, 0.1) is 17.5 Å². The number of nitrogens with zero attached hydrogens (tertiary/aromatic N) is 2. The highest BCUT2D eigenvalue weighted by molar-refractivity contribution is 6.31. The lowest BCUT2D eigenvalue weighted by Gasteiger charge is -2.09. The van der Waals surface area contributed by atoms with E-state index in [0.29, 0.717) is 29.9 Å². The van der Waals surface area contributed by atoms with Crippen molar-refractivity contribution in [2.45, 2.75) is 20.3 Å². The molecule has 0 bridgehead atoms. The molecule has 3 rings (SSSR count). The number of ether oxygens (including phenoxy) is 1. The Bertz CT molecular complexity index is 1300. The van der Waals surface area contributed by atoms with Crippen LogP contribution in [0.5, 0.6) is 5.75 Å². The second kappa shape index (κ2) is 11.0. The lowest BCUT2D eigenvalue weighted by atomic mass is 10.1. The number of aromatic nitrogens is 1. The number of allylic oxidation sites excluding steroid dienone is 3. The fourth-order valence-corrected chi connectivity index (χ4v) is 4.05. The normalized spacial score (nSPS) is 11.9. The molecule has 0 aliphatic rings. The van der Waals surface area contributed by atoms with Gasteiger partial charge in [-0.15, -0.1) is 0 Å². The van der Waals surface area contributed by atoms with Crippen LogP contribution in [0.1, 0.15) is 28.5 Å². The highest BCUT2D eigenvalue weighted by Crippen LogP contribution is 2.32. The van der Waals surface area contributed by atoms with E-state index in [-0.39, 0.29) is 16.3 Å². The number of rotatable bonds is 9. The first-order chi connectivity index (χ1) is 16.3. The number of nitro benzene ring substituents is 1. The molecule has 0 aliphatic carbocycles. The molecule has 0 radical (unpaired) electrons. The number of hydrogen-bond acceptors (Lipinski definition) is 5. The molecule has 1 heterocycles. The summed E-state index contributed by atoms with van der Waals surface area (Å²) in [7, 11) is 1.56. The summed E-state index contributed by atoms with van der Waals surface area (Å²) in [5.74, 6) is 0.110. The highest BCUT2D eigenvalue weighted by Gasteiger charge is 2.26. The molecule has 0 amide bonds. The summed E-state index contributed by atoms with van der Waals surface area (Å²) in [5.41, 5.74) is 2.56. The molecule has 9 heteroatoms. The van der Waals surface area contributed by atoms with Crippen molar-refractivity contribution in [1.82, 2.24) is 9.88 Å². The number of nitrogens with one attached hydrogen (secondary N) is 1. The molecule has 0 spiro atoms. The van der Waals surface area contributed by atoms with E-state index in [4.69, 9.17) is 16.3 Å². The third-order valence-corrected chi connectivity index (χ3v) is 5.77. The minimum Gasteiger partial charge on any atom is -0.497 e. The Morgan fingerprint density at radius 2 is 2.06 bits per heavy atom. The second-order valence-corrected chi connectivity index (χ2v) is 7.92. The maximum atomic E-state index is 13.5. The van der Waals surface area contributed by atoms with Crippen LogP contribution in [0.3, 0.4) is 0 Å². The first kappa shape index (κ1) is 25.0. The standard InChI is InChI=1S/C25H25ClFN3O4/c1-4-18(6-5-12-27)28-13-11-20-16(2)29(23-10-8-19(34-3)15-22(20)23)25(31)21-9-7-17(26)14-24(21)30(32)33/h4-10,14-15,28H,11-13H2,1-3H3/b6-5-,18-4+. The van der Waals surface area contributed by atoms with E-state index in [1.165, 1.54) is 28.8 Å². The fraction of sp³-hybridized carbons (Fsp3) is 0.240. The van der Waals surface area contributed by atoms with Crippen molar-refractivity contribution in [3.63, 3.8) is 0 Å². The Hall–Kier alpha value is -3.65. The predicted octanol–water partition coefficient (Wildman–Crippen LogP) is 5.77. The zero-order valence-corrected chi connectivity index (χ0v) is 19.9. The number of alkyl halides is 1. The molecule has 1 N–H and O–H groups in total. The molecule has 178 valence electrons. The molecule has 0 saturated carbocycles. The van der Waals surface area contributed by atoms with Crippen LogP contribution in [0.15, 0.2) is 60.3 Å². The van der Waals surface area contributed by atoms with Gasteiger partial charge in [-0.2, -0.15) is 0 Å². The summed E-state index contributed by atoms with van der Waals surface area (Å²) < 4.78 is 19.3. The molecular weight excluding hydrogens is 461 g/mol. The smallest absolute Gasteiger partial charge is 0.283 e. The summed E-state index contributed by atoms with van der Waals surface area (Å²) in [6.07, 6.45) is 5.48. The van der Waals surface area contributed by atoms with Gasteiger partial charge >= 0.3 is 0 Å². The Labute approximate surface area is 201 Å². The van der Waals surface area contributed by atoms with Gasteiger partial charge in [-0.3, -0.25) is 19.5 Å². The Morgan fingerprint density at radius 3 is 2.71 bits per heavy atom. The Morgan fingerprint density at radius 1 is 1.29 bits per heavy atom. The second-order valence-electron chi connectivity index (χ2n) is 7.48. The van der Waals surface area contributed by atoms with Crippen molar-refractivity contribution in [2.24, 2.45) is 0 Å². The third kappa shape index (κ3) is 5.12. The average Bonchev–Trinajstić information content (AvgIpc) is 3.10. The molecule has 0 unspecified atom stereocenters. The zero-order valence-electron chi connectivity index (χ0n) is 19.1. The Balaban J connectivity index is 2.07. The van der Waals surface area contributed by atoms with Gasteiger partial charge in [0.15, 0.2) is 0 Å². The van der Waals surface area contributed by atoms with E-state index in [0.717, 1.165) is 16.6 Å². The van der Waals surface area contributed by atoms with E-state index in [9.17, 15) is 19.3 Å². The van der Waals surface area contributed by atoms with Crippen molar-refractivity contribution < 1.29 is 18.8 Å². The maximum absolute atomic E-state index is 13.5. The largest absolute Gasteiger partial charge is 0.497 e. The van der Waals surface area contributed by atoms with Gasteiger partial charge in [-0.1, -0.05) is 23.8 Å². The molecule has 0 saturated heterocycles. The summed E-state index contributed by atoms with van der Waals surface area (Å²) in [6, 6.07) is 9.35. The molecule has 1 aromatic heterocycles. The van der Waals surface area contributed by atoms with Crippen molar-refractivity contribution in [1.29, 1.82) is 0 Å². The van der Waals surface area contributed by atoms with Crippen LogP contribution in [0.2, 0.25) is 5.02 Å². The first-order valence-corrected chi connectivity index (χ1v) is 11.0. The molecule has 34 heavy (non-hydrogen) atoms. The lowest BCUT2D eigenvalue weighted by molar-refractivity contribution is -0.385. The predicted molar refractivity (Wildman–Crippen MR) is 132 cm³/mol. The average molecular weight is 486 g/mol. The summed E-state index contributed by atoms with van der Waals surface area (Å²) >= 11 is 5.93.